The summed E-state index contributed by atoms with van der Waals surface area (Å²) in [5.74, 6) is 0. The maximum Gasteiger partial charge on any atom is 1.00 e. The maximum atomic E-state index is 12.3. The minimum Gasteiger partial charge on any atom is -0.768 e. The van der Waals surface area contributed by atoms with Crippen molar-refractivity contribution in [3.63, 3.8) is 0 Å². The van der Waals surface area contributed by atoms with E-state index in [4.69, 9.17) is 5.26 Å². The van der Waals surface area contributed by atoms with Gasteiger partial charge < -0.3 is 4.55 Å². The first-order valence-electron chi connectivity index (χ1n) is 3.57. The molecule has 0 fully saturated rings. The molecule has 3 nitrogen and oxygen atoms in total. The Hall–Kier alpha value is -0.390. The topological polar surface area (TPSA) is 63.9 Å². The Morgan fingerprint density at radius 2 is 1.94 bits per heavy atom. The molecule has 16 heavy (non-hydrogen) atoms. The summed E-state index contributed by atoms with van der Waals surface area (Å²) in [5, 5.41) is 8.39. The molecule has 0 aromatic heterocycles. The van der Waals surface area contributed by atoms with E-state index in [1.165, 1.54) is 6.07 Å². The normalized spacial score (nSPS) is 12.4. The van der Waals surface area contributed by atoms with E-state index in [9.17, 15) is 21.9 Å². The number of alkyl halides is 3. The van der Waals surface area contributed by atoms with Gasteiger partial charge in [-0.2, -0.15) is 18.4 Å². The van der Waals surface area contributed by atoms with Crippen molar-refractivity contribution in [1.82, 2.24) is 0 Å². The van der Waals surface area contributed by atoms with E-state index in [0.29, 0.717) is 6.07 Å². The number of halogens is 3. The summed E-state index contributed by atoms with van der Waals surface area (Å²) in [5.41, 5.74) is -1.56. The number of nitrogens with zero attached hydrogens (tertiary/aromatic N) is 1. The molecule has 8 heteroatoms. The molecule has 0 aliphatic carbocycles. The van der Waals surface area contributed by atoms with Crippen molar-refractivity contribution in [2.45, 2.75) is 11.1 Å². The molecule has 80 valence electrons. The summed E-state index contributed by atoms with van der Waals surface area (Å²) < 4.78 is 58.0. The Balaban J connectivity index is 0.00000225. The molecular formula is C8H3F3NNaO2S. The van der Waals surface area contributed by atoms with Crippen molar-refractivity contribution < 1.29 is 51.5 Å². The minimum absolute atomic E-state index is 0. The van der Waals surface area contributed by atoms with E-state index in [2.05, 4.69) is 0 Å². The van der Waals surface area contributed by atoms with Crippen LogP contribution in [-0.2, 0) is 17.3 Å². The summed E-state index contributed by atoms with van der Waals surface area (Å²) >= 11 is -2.98. The standard InChI is InChI=1S/C8H4F3NO2S.Na/c9-8(10,11)6-3-5(4-12)1-2-7(6)15(13)14;/h1-3H,(H,13,14);/q;+1/p-1. The average molecular weight is 257 g/mol. The first-order valence-corrected chi connectivity index (χ1v) is 4.64. The third-order valence-electron chi connectivity index (χ3n) is 1.59. The number of hydrogen-bond donors (Lipinski definition) is 0. The first kappa shape index (κ1) is 15.6. The zero-order chi connectivity index (χ0) is 11.6. The van der Waals surface area contributed by atoms with E-state index in [1.54, 1.807) is 0 Å². The fourth-order valence-corrected chi connectivity index (χ4v) is 1.50. The number of nitriles is 1. The van der Waals surface area contributed by atoms with Crippen molar-refractivity contribution in [3.8, 4) is 6.07 Å². The number of hydrogen-bond acceptors (Lipinski definition) is 3. The van der Waals surface area contributed by atoms with Crippen LogP contribution in [0.3, 0.4) is 0 Å². The van der Waals surface area contributed by atoms with Gasteiger partial charge in [-0.25, -0.2) is 0 Å². The van der Waals surface area contributed by atoms with Gasteiger partial charge in [-0.3, -0.25) is 4.21 Å². The second kappa shape index (κ2) is 5.80. The fraction of sp³-hybridized carbons (Fsp3) is 0.125. The summed E-state index contributed by atoms with van der Waals surface area (Å²) in [6.07, 6.45) is -4.79. The quantitative estimate of drug-likeness (QED) is 0.470. The first-order chi connectivity index (χ1) is 6.86. The largest absolute Gasteiger partial charge is 1.00 e. The van der Waals surface area contributed by atoms with E-state index < -0.39 is 27.7 Å². The third kappa shape index (κ3) is 3.57. The van der Waals surface area contributed by atoms with Crippen LogP contribution in [0.1, 0.15) is 11.1 Å². The Morgan fingerprint density at radius 1 is 1.38 bits per heavy atom. The van der Waals surface area contributed by atoms with E-state index in [1.807, 2.05) is 0 Å². The summed E-state index contributed by atoms with van der Waals surface area (Å²) in [6.45, 7) is 0. The number of benzene rings is 1. The predicted octanol–water partition coefficient (Wildman–Crippen LogP) is -1.18. The van der Waals surface area contributed by atoms with Gasteiger partial charge in [0.25, 0.3) is 0 Å². The van der Waals surface area contributed by atoms with Crippen molar-refractivity contribution in [2.24, 2.45) is 0 Å². The molecule has 0 aliphatic heterocycles. The molecule has 0 saturated heterocycles. The SMILES string of the molecule is N#Cc1ccc(S(=O)[O-])c(C(F)(F)F)c1.[Na+]. The van der Waals surface area contributed by atoms with Gasteiger partial charge in [-0.15, -0.1) is 0 Å². The summed E-state index contributed by atoms with van der Waals surface area (Å²) in [7, 11) is 0. The molecule has 1 rings (SSSR count). The molecule has 1 unspecified atom stereocenters. The van der Waals surface area contributed by atoms with Gasteiger partial charge in [0.05, 0.1) is 17.2 Å². The van der Waals surface area contributed by atoms with Gasteiger partial charge >= 0.3 is 35.7 Å². The Bertz CT molecular complexity index is 456. The van der Waals surface area contributed by atoms with E-state index in [0.717, 1.165) is 12.1 Å². The van der Waals surface area contributed by atoms with Crippen LogP contribution in [0, 0.1) is 11.3 Å². The molecule has 0 N–H and O–H groups in total. The van der Waals surface area contributed by atoms with Gasteiger partial charge in [0.2, 0.25) is 0 Å². The fourth-order valence-electron chi connectivity index (χ4n) is 0.966. The molecule has 1 atom stereocenters. The molecule has 0 heterocycles. The second-order valence-electron chi connectivity index (χ2n) is 2.56. The summed E-state index contributed by atoms with van der Waals surface area (Å²) in [4.78, 5) is -0.860. The number of rotatable bonds is 1. The van der Waals surface area contributed by atoms with Crippen molar-refractivity contribution >= 4 is 11.1 Å². The van der Waals surface area contributed by atoms with Crippen LogP contribution in [-0.4, -0.2) is 8.76 Å². The van der Waals surface area contributed by atoms with Crippen LogP contribution in [0.5, 0.6) is 0 Å². The van der Waals surface area contributed by atoms with Crippen molar-refractivity contribution in [3.05, 3.63) is 29.3 Å². The van der Waals surface area contributed by atoms with Gasteiger partial charge in [-0.1, -0.05) is 0 Å². The van der Waals surface area contributed by atoms with E-state index in [-0.39, 0.29) is 35.1 Å². The monoisotopic (exact) mass is 257 g/mol. The molecule has 0 bridgehead atoms. The summed E-state index contributed by atoms with van der Waals surface area (Å²) in [6, 6.07) is 3.78. The zero-order valence-electron chi connectivity index (χ0n) is 8.04. The zero-order valence-corrected chi connectivity index (χ0v) is 10.9. The molecule has 0 amide bonds. The van der Waals surface area contributed by atoms with Crippen molar-refractivity contribution in [1.29, 1.82) is 5.26 Å². The molecule has 0 saturated carbocycles. The van der Waals surface area contributed by atoms with Gasteiger partial charge in [0.15, 0.2) is 0 Å². The van der Waals surface area contributed by atoms with Gasteiger partial charge in [0.1, 0.15) is 0 Å². The Labute approximate surface area is 114 Å². The maximum absolute atomic E-state index is 12.3. The Kier molecular flexibility index (Phi) is 5.65. The molecular weight excluding hydrogens is 254 g/mol. The van der Waals surface area contributed by atoms with Crippen LogP contribution >= 0.6 is 0 Å². The van der Waals surface area contributed by atoms with Crippen LogP contribution in [0.15, 0.2) is 23.1 Å². The molecule has 0 radical (unpaired) electrons. The van der Waals surface area contributed by atoms with Crippen LogP contribution in [0.25, 0.3) is 0 Å². The predicted molar refractivity (Wildman–Crippen MR) is 43.3 cm³/mol. The van der Waals surface area contributed by atoms with Crippen LogP contribution < -0.4 is 29.6 Å². The molecule has 0 aliphatic rings. The van der Waals surface area contributed by atoms with Crippen LogP contribution in [0.2, 0.25) is 0 Å². The average Bonchev–Trinajstić information content (AvgIpc) is 2.15. The Morgan fingerprint density at radius 3 is 2.31 bits per heavy atom. The smallest absolute Gasteiger partial charge is 0.768 e. The van der Waals surface area contributed by atoms with E-state index >= 15 is 0 Å². The third-order valence-corrected chi connectivity index (χ3v) is 2.31. The van der Waals surface area contributed by atoms with Gasteiger partial charge in [-0.05, 0) is 29.3 Å². The second-order valence-corrected chi connectivity index (χ2v) is 3.46. The van der Waals surface area contributed by atoms with Gasteiger partial charge in [0, 0.05) is 4.90 Å². The molecule has 1 aromatic carbocycles. The minimum atomic E-state index is -4.79. The molecule has 0 spiro atoms. The van der Waals surface area contributed by atoms with Crippen LogP contribution in [0.4, 0.5) is 13.2 Å². The van der Waals surface area contributed by atoms with Crippen molar-refractivity contribution in [2.75, 3.05) is 0 Å². The molecule has 1 aromatic rings.